The van der Waals surface area contributed by atoms with Crippen LogP contribution in [0.4, 0.5) is 5.82 Å². The number of amides is 1. The largest absolute Gasteiger partial charge is 0.395 e. The van der Waals surface area contributed by atoms with Crippen LogP contribution in [0.3, 0.4) is 0 Å². The van der Waals surface area contributed by atoms with Crippen molar-refractivity contribution in [3.63, 3.8) is 0 Å². The maximum absolute atomic E-state index is 12.4. The molecule has 1 aliphatic heterocycles. The molecule has 1 fully saturated rings. The van der Waals surface area contributed by atoms with Gasteiger partial charge in [-0.1, -0.05) is 0 Å². The Morgan fingerprint density at radius 1 is 1.42 bits per heavy atom. The summed E-state index contributed by atoms with van der Waals surface area (Å²) in [4.78, 5) is 16.4. The number of aliphatic hydroxyl groups excluding tert-OH is 1. The van der Waals surface area contributed by atoms with Crippen molar-refractivity contribution in [2.24, 2.45) is 7.05 Å². The zero-order valence-corrected chi connectivity index (χ0v) is 11.2. The summed E-state index contributed by atoms with van der Waals surface area (Å²) in [6.45, 7) is 3.89. The van der Waals surface area contributed by atoms with E-state index in [-0.39, 0.29) is 12.5 Å². The second kappa shape index (κ2) is 6.03. The van der Waals surface area contributed by atoms with Gasteiger partial charge >= 0.3 is 0 Å². The molecule has 0 spiro atoms. The third-order valence-electron chi connectivity index (χ3n) is 3.51. The zero-order valence-electron chi connectivity index (χ0n) is 11.2. The van der Waals surface area contributed by atoms with Gasteiger partial charge in [0.05, 0.1) is 12.8 Å². The Hall–Kier alpha value is -1.60. The van der Waals surface area contributed by atoms with Crippen molar-refractivity contribution in [2.75, 3.05) is 45.1 Å². The van der Waals surface area contributed by atoms with Crippen molar-refractivity contribution < 1.29 is 9.90 Å². The summed E-state index contributed by atoms with van der Waals surface area (Å²) in [5, 5.41) is 13.0. The van der Waals surface area contributed by atoms with Gasteiger partial charge in [0.1, 0.15) is 11.4 Å². The highest BCUT2D eigenvalue weighted by atomic mass is 16.3. The molecule has 0 aliphatic carbocycles. The lowest BCUT2D eigenvalue weighted by Crippen LogP contribution is -2.36. The lowest BCUT2D eigenvalue weighted by atomic mass is 10.2. The minimum atomic E-state index is -0.0588. The number of aliphatic hydroxyl groups is 1. The van der Waals surface area contributed by atoms with Crippen LogP contribution >= 0.6 is 0 Å². The molecule has 0 unspecified atom stereocenters. The Labute approximate surface area is 112 Å². The van der Waals surface area contributed by atoms with E-state index in [1.54, 1.807) is 7.05 Å². The number of nitrogen functional groups attached to an aromatic ring is 1. The van der Waals surface area contributed by atoms with Crippen LogP contribution < -0.4 is 5.73 Å². The molecule has 3 N–H and O–H groups in total. The number of hydrogen-bond donors (Lipinski definition) is 2. The average molecular weight is 267 g/mol. The van der Waals surface area contributed by atoms with Crippen LogP contribution in [0, 0.1) is 0 Å². The van der Waals surface area contributed by atoms with Crippen LogP contribution in [0.15, 0.2) is 6.20 Å². The zero-order chi connectivity index (χ0) is 13.8. The van der Waals surface area contributed by atoms with Crippen LogP contribution in [0.2, 0.25) is 0 Å². The highest BCUT2D eigenvalue weighted by Crippen LogP contribution is 2.14. The molecule has 2 heterocycles. The van der Waals surface area contributed by atoms with E-state index in [1.165, 1.54) is 10.9 Å². The summed E-state index contributed by atoms with van der Waals surface area (Å²) in [7, 11) is 1.72. The van der Waals surface area contributed by atoms with Gasteiger partial charge in [0.25, 0.3) is 5.91 Å². The number of nitrogens with two attached hydrogens (primary N) is 1. The summed E-state index contributed by atoms with van der Waals surface area (Å²) in [5.74, 6) is 0.345. The van der Waals surface area contributed by atoms with Crippen LogP contribution in [0.25, 0.3) is 0 Å². The quantitative estimate of drug-likeness (QED) is 0.744. The van der Waals surface area contributed by atoms with E-state index in [1.807, 2.05) is 4.90 Å². The lowest BCUT2D eigenvalue weighted by Gasteiger charge is -2.21. The highest BCUT2D eigenvalue weighted by molar-refractivity contribution is 5.98. The van der Waals surface area contributed by atoms with Gasteiger partial charge in [-0.3, -0.25) is 14.4 Å². The number of β-amino-alcohol motifs (C(OH)–C–C–N with tert-alkyl or cyclic N) is 1. The molecule has 1 amide bonds. The fourth-order valence-electron chi connectivity index (χ4n) is 2.32. The summed E-state index contributed by atoms with van der Waals surface area (Å²) in [6, 6.07) is 0. The van der Waals surface area contributed by atoms with E-state index in [2.05, 4.69) is 10.00 Å². The Morgan fingerprint density at radius 3 is 2.84 bits per heavy atom. The molecule has 0 radical (unpaired) electrons. The predicted octanol–water partition coefficient (Wildman–Crippen LogP) is -0.857. The number of aromatic nitrogens is 2. The molecule has 0 atom stereocenters. The number of nitrogens with zero attached hydrogens (tertiary/aromatic N) is 4. The molecule has 0 aromatic carbocycles. The smallest absolute Gasteiger partial charge is 0.259 e. The first-order chi connectivity index (χ1) is 9.13. The maximum atomic E-state index is 12.4. The molecule has 106 valence electrons. The number of aryl methyl sites for hydroxylation is 1. The molecule has 19 heavy (non-hydrogen) atoms. The van der Waals surface area contributed by atoms with Crippen LogP contribution in [0.5, 0.6) is 0 Å². The minimum Gasteiger partial charge on any atom is -0.395 e. The van der Waals surface area contributed by atoms with E-state index in [4.69, 9.17) is 10.8 Å². The van der Waals surface area contributed by atoms with Gasteiger partial charge in [-0.2, -0.15) is 5.10 Å². The van der Waals surface area contributed by atoms with Crippen molar-refractivity contribution >= 4 is 11.7 Å². The second-order valence-corrected chi connectivity index (χ2v) is 4.78. The lowest BCUT2D eigenvalue weighted by molar-refractivity contribution is 0.0761. The first kappa shape index (κ1) is 13.8. The normalized spacial score (nSPS) is 17.5. The van der Waals surface area contributed by atoms with Crippen LogP contribution in [0.1, 0.15) is 16.8 Å². The number of carbonyl (C=O) groups is 1. The van der Waals surface area contributed by atoms with Gasteiger partial charge in [-0.25, -0.2) is 0 Å². The van der Waals surface area contributed by atoms with E-state index < -0.39 is 0 Å². The summed E-state index contributed by atoms with van der Waals surface area (Å²) in [5.41, 5.74) is 6.30. The molecule has 1 aliphatic rings. The minimum absolute atomic E-state index is 0.0588. The molecule has 0 bridgehead atoms. The SMILES string of the molecule is Cn1ncc(C(=O)N2CCCN(CCO)CC2)c1N. The Morgan fingerprint density at radius 2 is 2.21 bits per heavy atom. The number of anilines is 1. The summed E-state index contributed by atoms with van der Waals surface area (Å²) >= 11 is 0. The predicted molar refractivity (Wildman–Crippen MR) is 71.7 cm³/mol. The number of carbonyl (C=O) groups excluding carboxylic acids is 1. The first-order valence-electron chi connectivity index (χ1n) is 6.53. The van der Waals surface area contributed by atoms with Crippen LogP contribution in [-0.4, -0.2) is 69.9 Å². The van der Waals surface area contributed by atoms with Gasteiger partial charge in [-0.05, 0) is 13.0 Å². The summed E-state index contributed by atoms with van der Waals surface area (Å²) < 4.78 is 1.50. The Bertz CT molecular complexity index is 445. The van der Waals surface area contributed by atoms with Crippen molar-refractivity contribution in [1.29, 1.82) is 0 Å². The van der Waals surface area contributed by atoms with E-state index in [0.717, 1.165) is 26.1 Å². The third kappa shape index (κ3) is 3.05. The van der Waals surface area contributed by atoms with Gasteiger partial charge in [0.15, 0.2) is 0 Å². The topological polar surface area (TPSA) is 87.6 Å². The molecular formula is C12H21N5O2. The van der Waals surface area contributed by atoms with Crippen molar-refractivity contribution in [1.82, 2.24) is 19.6 Å². The standard InChI is InChI=1S/C12H21N5O2/c1-15-11(13)10(9-14-15)12(19)17-4-2-3-16(5-6-17)7-8-18/h9,18H,2-8,13H2,1H3. The molecule has 2 rings (SSSR count). The van der Waals surface area contributed by atoms with Crippen LogP contribution in [-0.2, 0) is 7.05 Å². The van der Waals surface area contributed by atoms with Crippen molar-refractivity contribution in [3.05, 3.63) is 11.8 Å². The molecule has 1 aromatic rings. The molecule has 1 aromatic heterocycles. The van der Waals surface area contributed by atoms with E-state index >= 15 is 0 Å². The fourth-order valence-corrected chi connectivity index (χ4v) is 2.32. The van der Waals surface area contributed by atoms with Gasteiger partial charge in [0.2, 0.25) is 0 Å². The average Bonchev–Trinajstić information content (AvgIpc) is 2.62. The Kier molecular flexibility index (Phi) is 4.39. The highest BCUT2D eigenvalue weighted by Gasteiger charge is 2.23. The molecule has 1 saturated heterocycles. The summed E-state index contributed by atoms with van der Waals surface area (Å²) in [6.07, 6.45) is 2.43. The molecule has 7 heteroatoms. The molecular weight excluding hydrogens is 246 g/mol. The van der Waals surface area contributed by atoms with E-state index in [9.17, 15) is 4.79 Å². The van der Waals surface area contributed by atoms with Crippen molar-refractivity contribution in [2.45, 2.75) is 6.42 Å². The fraction of sp³-hybridized carbons (Fsp3) is 0.667. The number of rotatable bonds is 3. The number of hydrogen-bond acceptors (Lipinski definition) is 5. The molecule has 0 saturated carbocycles. The Balaban J connectivity index is 2.02. The first-order valence-corrected chi connectivity index (χ1v) is 6.53. The second-order valence-electron chi connectivity index (χ2n) is 4.78. The van der Waals surface area contributed by atoms with Gasteiger partial charge in [0, 0.05) is 33.2 Å². The van der Waals surface area contributed by atoms with Crippen molar-refractivity contribution in [3.8, 4) is 0 Å². The van der Waals surface area contributed by atoms with Gasteiger partial charge in [-0.15, -0.1) is 0 Å². The molecule has 7 nitrogen and oxygen atoms in total. The monoisotopic (exact) mass is 267 g/mol. The maximum Gasteiger partial charge on any atom is 0.259 e. The van der Waals surface area contributed by atoms with E-state index in [0.29, 0.717) is 24.5 Å². The third-order valence-corrected chi connectivity index (χ3v) is 3.51. The van der Waals surface area contributed by atoms with Gasteiger partial charge < -0.3 is 15.7 Å².